The number of carbonyl (C=O) groups excluding carboxylic acids is 2. The summed E-state index contributed by atoms with van der Waals surface area (Å²) in [6.07, 6.45) is 4.63. The van der Waals surface area contributed by atoms with Crippen LogP contribution in [-0.2, 0) is 27.2 Å². The summed E-state index contributed by atoms with van der Waals surface area (Å²) >= 11 is 0. The van der Waals surface area contributed by atoms with Crippen LogP contribution in [-0.4, -0.2) is 68.7 Å². The Morgan fingerprint density at radius 3 is 2.61 bits per heavy atom. The van der Waals surface area contributed by atoms with Crippen molar-refractivity contribution in [2.45, 2.75) is 64.0 Å². The van der Waals surface area contributed by atoms with Crippen LogP contribution in [0.2, 0.25) is 0 Å². The van der Waals surface area contributed by atoms with E-state index in [0.717, 1.165) is 47.8 Å². The van der Waals surface area contributed by atoms with Gasteiger partial charge >= 0.3 is 5.97 Å². The molecule has 2 aromatic rings. The Kier molecular flexibility index (Phi) is 6.40. The van der Waals surface area contributed by atoms with E-state index in [2.05, 4.69) is 4.98 Å². The number of nitrogens with zero attached hydrogens (tertiary/aromatic N) is 2. The van der Waals surface area contributed by atoms with E-state index in [4.69, 9.17) is 11.1 Å². The van der Waals surface area contributed by atoms with E-state index in [1.54, 1.807) is 17.0 Å². The van der Waals surface area contributed by atoms with Crippen molar-refractivity contribution >= 4 is 34.5 Å². The second-order valence-corrected chi connectivity index (χ2v) is 9.06. The van der Waals surface area contributed by atoms with Gasteiger partial charge in [0.1, 0.15) is 11.9 Å². The zero-order valence-electron chi connectivity index (χ0n) is 18.9. The minimum Gasteiger partial charge on any atom is -0.481 e. The summed E-state index contributed by atoms with van der Waals surface area (Å²) in [5.74, 6) is -0.961. The Morgan fingerprint density at radius 2 is 1.91 bits per heavy atom. The lowest BCUT2D eigenvalue weighted by atomic mass is 10.0. The average molecular weight is 454 g/mol. The van der Waals surface area contributed by atoms with Crippen molar-refractivity contribution in [2.75, 3.05) is 13.1 Å². The number of likely N-dealkylation sites (tertiary alicyclic amines) is 2. The van der Waals surface area contributed by atoms with Crippen molar-refractivity contribution < 1.29 is 19.5 Å². The number of fused-ring (bicyclic) bond motifs is 1. The van der Waals surface area contributed by atoms with E-state index in [-0.39, 0.29) is 36.2 Å². The van der Waals surface area contributed by atoms with Crippen molar-refractivity contribution in [3.05, 3.63) is 35.0 Å². The number of nitrogen functional groups attached to an aromatic ring is 1. The molecule has 0 unspecified atom stereocenters. The number of carbonyl (C=O) groups is 3. The summed E-state index contributed by atoms with van der Waals surface area (Å²) in [4.78, 5) is 43.7. The highest BCUT2D eigenvalue weighted by atomic mass is 16.4. The van der Waals surface area contributed by atoms with Crippen LogP contribution in [0.4, 0.5) is 0 Å². The third kappa shape index (κ3) is 4.58. The standard InChI is InChI=1S/C24H31N5O4/c1-14(30)28-10-3-5-21(28)24(33)29-11-2-4-16(29)7-9-19-18(13-22(31)32)17-8-6-15(23(25)26)12-20(17)27-19/h6,8,12,16,21,27H,2-5,7,9-11,13H2,1H3,(H3,25,26)(H,31,32)/t16-,21+/m0/s1. The number of aliphatic carboxylic acids is 1. The summed E-state index contributed by atoms with van der Waals surface area (Å²) in [7, 11) is 0. The molecule has 9 nitrogen and oxygen atoms in total. The van der Waals surface area contributed by atoms with E-state index in [1.807, 2.05) is 11.0 Å². The van der Waals surface area contributed by atoms with Gasteiger partial charge < -0.3 is 25.6 Å². The maximum Gasteiger partial charge on any atom is 0.307 e. The van der Waals surface area contributed by atoms with E-state index in [0.29, 0.717) is 31.5 Å². The predicted molar refractivity (Wildman–Crippen MR) is 124 cm³/mol. The van der Waals surface area contributed by atoms with Gasteiger partial charge in [0.25, 0.3) is 0 Å². The Balaban J connectivity index is 1.53. The molecule has 5 N–H and O–H groups in total. The minimum atomic E-state index is -0.906. The number of aryl methyl sites for hydroxylation is 1. The first-order valence-electron chi connectivity index (χ1n) is 11.5. The van der Waals surface area contributed by atoms with Crippen molar-refractivity contribution in [2.24, 2.45) is 5.73 Å². The molecule has 3 heterocycles. The first-order chi connectivity index (χ1) is 15.8. The van der Waals surface area contributed by atoms with Crippen LogP contribution in [0.5, 0.6) is 0 Å². The van der Waals surface area contributed by atoms with Gasteiger partial charge in [0.2, 0.25) is 11.8 Å². The second kappa shape index (κ2) is 9.25. The Bertz CT molecular complexity index is 1110. The van der Waals surface area contributed by atoms with E-state index in [9.17, 15) is 19.5 Å². The number of amides is 2. The molecule has 1 aromatic heterocycles. The highest BCUT2D eigenvalue weighted by molar-refractivity contribution is 5.99. The van der Waals surface area contributed by atoms with Crippen LogP contribution in [0.25, 0.3) is 10.9 Å². The van der Waals surface area contributed by atoms with E-state index >= 15 is 0 Å². The number of carboxylic acids is 1. The normalized spacial score (nSPS) is 20.5. The van der Waals surface area contributed by atoms with Gasteiger partial charge in [-0.2, -0.15) is 0 Å². The van der Waals surface area contributed by atoms with Gasteiger partial charge in [-0.05, 0) is 50.2 Å². The number of nitrogens with one attached hydrogen (secondary N) is 2. The molecule has 176 valence electrons. The van der Waals surface area contributed by atoms with Gasteiger partial charge in [0.15, 0.2) is 0 Å². The molecule has 2 atom stereocenters. The first-order valence-corrected chi connectivity index (χ1v) is 11.5. The monoisotopic (exact) mass is 453 g/mol. The summed E-state index contributed by atoms with van der Waals surface area (Å²) in [6.45, 7) is 2.85. The number of hydrogen-bond donors (Lipinski definition) is 4. The van der Waals surface area contributed by atoms with Crippen LogP contribution in [0, 0.1) is 5.41 Å². The minimum absolute atomic E-state index is 0.0405. The van der Waals surface area contributed by atoms with E-state index in [1.165, 1.54) is 6.92 Å². The number of carboxylic acid groups (broad SMARTS) is 1. The fraction of sp³-hybridized carbons (Fsp3) is 0.500. The summed E-state index contributed by atoms with van der Waals surface area (Å²) < 4.78 is 0. The van der Waals surface area contributed by atoms with Crippen LogP contribution >= 0.6 is 0 Å². The molecule has 0 bridgehead atoms. The second-order valence-electron chi connectivity index (χ2n) is 9.06. The molecule has 2 amide bonds. The number of aromatic nitrogens is 1. The lowest BCUT2D eigenvalue weighted by molar-refractivity contribution is -0.143. The van der Waals surface area contributed by atoms with Crippen molar-refractivity contribution in [1.82, 2.24) is 14.8 Å². The summed E-state index contributed by atoms with van der Waals surface area (Å²) in [5, 5.41) is 17.9. The smallest absolute Gasteiger partial charge is 0.307 e. The molecule has 33 heavy (non-hydrogen) atoms. The van der Waals surface area contributed by atoms with Gasteiger partial charge in [-0.1, -0.05) is 12.1 Å². The maximum atomic E-state index is 13.3. The lowest BCUT2D eigenvalue weighted by Gasteiger charge is -2.31. The Hall–Kier alpha value is -3.36. The quantitative estimate of drug-likeness (QED) is 0.374. The van der Waals surface area contributed by atoms with E-state index < -0.39 is 5.97 Å². The molecule has 2 aliphatic rings. The Morgan fingerprint density at radius 1 is 1.18 bits per heavy atom. The zero-order valence-corrected chi connectivity index (χ0v) is 18.9. The fourth-order valence-electron chi connectivity index (χ4n) is 5.37. The number of rotatable bonds is 7. The average Bonchev–Trinajstić information content (AvgIpc) is 3.50. The maximum absolute atomic E-state index is 13.3. The number of H-pyrrole nitrogens is 1. The molecule has 1 aromatic carbocycles. The predicted octanol–water partition coefficient (Wildman–Crippen LogP) is 2.01. The van der Waals surface area contributed by atoms with Gasteiger partial charge in [0, 0.05) is 48.2 Å². The van der Waals surface area contributed by atoms with Gasteiger partial charge in [-0.25, -0.2) is 0 Å². The summed E-state index contributed by atoms with van der Waals surface area (Å²) in [5.41, 5.74) is 8.53. The molecule has 9 heteroatoms. The molecular weight excluding hydrogens is 422 g/mol. The highest BCUT2D eigenvalue weighted by Gasteiger charge is 2.39. The molecule has 0 aliphatic carbocycles. The Labute approximate surface area is 192 Å². The van der Waals surface area contributed by atoms with Crippen LogP contribution in [0.3, 0.4) is 0 Å². The molecule has 0 saturated carbocycles. The number of hydrogen-bond acceptors (Lipinski definition) is 4. The van der Waals surface area contributed by atoms with Crippen LogP contribution in [0.15, 0.2) is 18.2 Å². The molecule has 2 aliphatic heterocycles. The van der Waals surface area contributed by atoms with Crippen molar-refractivity contribution in [3.63, 3.8) is 0 Å². The number of benzene rings is 1. The SMILES string of the molecule is CC(=O)N1CCC[C@@H]1C(=O)N1CCC[C@H]1CCc1[nH]c2cc(C(=N)N)ccc2c1CC(=O)O. The van der Waals surface area contributed by atoms with Crippen LogP contribution in [0.1, 0.15) is 55.8 Å². The molecule has 2 saturated heterocycles. The molecule has 0 radical (unpaired) electrons. The summed E-state index contributed by atoms with van der Waals surface area (Å²) in [6, 6.07) is 5.03. The fourth-order valence-corrected chi connectivity index (χ4v) is 5.37. The number of aromatic amines is 1. The van der Waals surface area contributed by atoms with Crippen molar-refractivity contribution in [3.8, 4) is 0 Å². The first kappa shape index (κ1) is 22.8. The third-order valence-corrected chi connectivity index (χ3v) is 6.96. The lowest BCUT2D eigenvalue weighted by Crippen LogP contribution is -2.48. The topological polar surface area (TPSA) is 144 Å². The zero-order chi connectivity index (χ0) is 23.7. The molecule has 0 spiro atoms. The van der Waals surface area contributed by atoms with Crippen molar-refractivity contribution in [1.29, 1.82) is 5.41 Å². The molecule has 2 fully saturated rings. The highest BCUT2D eigenvalue weighted by Crippen LogP contribution is 2.30. The van der Waals surface area contributed by atoms with Crippen LogP contribution < -0.4 is 5.73 Å². The third-order valence-electron chi connectivity index (χ3n) is 6.96. The number of nitrogens with two attached hydrogens (primary N) is 1. The van der Waals surface area contributed by atoms with Gasteiger partial charge in [-0.3, -0.25) is 19.8 Å². The van der Waals surface area contributed by atoms with Gasteiger partial charge in [0.05, 0.1) is 6.42 Å². The largest absolute Gasteiger partial charge is 0.481 e. The van der Waals surface area contributed by atoms with Gasteiger partial charge in [-0.15, -0.1) is 0 Å². The number of amidine groups is 1. The molecule has 4 rings (SSSR count). The molecular formula is C24H31N5O4.